The lowest BCUT2D eigenvalue weighted by Crippen LogP contribution is -2.37. The van der Waals surface area contributed by atoms with Crippen LogP contribution in [0.5, 0.6) is 5.75 Å². The van der Waals surface area contributed by atoms with E-state index in [9.17, 15) is 0 Å². The molecule has 1 unspecified atom stereocenters. The van der Waals surface area contributed by atoms with Crippen molar-refractivity contribution < 1.29 is 14.2 Å². The lowest BCUT2D eigenvalue weighted by Gasteiger charge is -2.16. The van der Waals surface area contributed by atoms with Crippen molar-refractivity contribution in [2.45, 2.75) is 52.2 Å². The number of aliphatic imine (C=N–C) groups is 1. The second kappa shape index (κ2) is 14.9. The first-order valence-electron chi connectivity index (χ1n) is 10.1. The highest BCUT2D eigenvalue weighted by Gasteiger charge is 2.18. The number of ether oxygens (including phenoxy) is 3. The Morgan fingerprint density at radius 1 is 1.25 bits per heavy atom. The van der Waals surface area contributed by atoms with E-state index < -0.39 is 0 Å². The van der Waals surface area contributed by atoms with E-state index in [0.717, 1.165) is 69.3 Å². The molecule has 1 aliphatic rings. The van der Waals surface area contributed by atoms with E-state index in [-0.39, 0.29) is 30.1 Å². The van der Waals surface area contributed by atoms with Gasteiger partial charge in [-0.25, -0.2) is 4.99 Å². The van der Waals surface area contributed by atoms with Gasteiger partial charge >= 0.3 is 0 Å². The largest absolute Gasteiger partial charge is 0.488 e. The molecule has 1 heterocycles. The van der Waals surface area contributed by atoms with E-state index in [1.54, 1.807) is 7.11 Å². The predicted octanol–water partition coefficient (Wildman–Crippen LogP) is 3.65. The van der Waals surface area contributed by atoms with E-state index in [2.05, 4.69) is 42.7 Å². The fourth-order valence-corrected chi connectivity index (χ4v) is 2.95. The molecule has 1 aromatic rings. The topological polar surface area (TPSA) is 64.1 Å². The highest BCUT2D eigenvalue weighted by Crippen LogP contribution is 2.24. The van der Waals surface area contributed by atoms with Gasteiger partial charge in [0.2, 0.25) is 0 Å². The molecule has 0 aliphatic carbocycles. The van der Waals surface area contributed by atoms with Crippen LogP contribution in [0.4, 0.5) is 0 Å². The van der Waals surface area contributed by atoms with Gasteiger partial charge in [0.1, 0.15) is 11.9 Å². The standard InChI is InChI=1S/C21H35N3O3.HI/c1-4-22-21(23-11-6-5-7-12-25-3)24-15-18-9-8-17(2)14-20(18)27-19-10-13-26-16-19;/h8-9,14,19H,4-7,10-13,15-16H2,1-3H3,(H2,22,23,24);1H. The van der Waals surface area contributed by atoms with Crippen LogP contribution in [0.3, 0.4) is 0 Å². The number of methoxy groups -OCH3 is 1. The summed E-state index contributed by atoms with van der Waals surface area (Å²) in [5.41, 5.74) is 2.29. The van der Waals surface area contributed by atoms with Gasteiger partial charge in [-0.15, -0.1) is 24.0 Å². The first-order chi connectivity index (χ1) is 13.2. The van der Waals surface area contributed by atoms with E-state index in [4.69, 9.17) is 19.2 Å². The lowest BCUT2D eigenvalue weighted by atomic mass is 10.1. The predicted molar refractivity (Wildman–Crippen MR) is 125 cm³/mol. The lowest BCUT2D eigenvalue weighted by molar-refractivity contribution is 0.140. The number of benzene rings is 1. The molecule has 1 atom stereocenters. The third-order valence-electron chi connectivity index (χ3n) is 4.47. The van der Waals surface area contributed by atoms with Crippen LogP contribution in [-0.2, 0) is 16.0 Å². The number of guanidine groups is 1. The molecular weight excluding hydrogens is 469 g/mol. The summed E-state index contributed by atoms with van der Waals surface area (Å²) in [6.45, 7) is 8.78. The van der Waals surface area contributed by atoms with Gasteiger partial charge in [0.15, 0.2) is 5.96 Å². The minimum absolute atomic E-state index is 0. The highest BCUT2D eigenvalue weighted by molar-refractivity contribution is 14.0. The van der Waals surface area contributed by atoms with Gasteiger partial charge in [-0.1, -0.05) is 12.1 Å². The monoisotopic (exact) mass is 505 g/mol. The zero-order chi connectivity index (χ0) is 19.3. The van der Waals surface area contributed by atoms with E-state index in [1.807, 2.05) is 0 Å². The van der Waals surface area contributed by atoms with Crippen LogP contribution >= 0.6 is 24.0 Å². The normalized spacial score (nSPS) is 16.5. The molecule has 0 aromatic heterocycles. The number of aryl methyl sites for hydroxylation is 1. The summed E-state index contributed by atoms with van der Waals surface area (Å²) in [6, 6.07) is 6.32. The molecule has 1 aliphatic heterocycles. The maximum atomic E-state index is 6.17. The average Bonchev–Trinajstić information content (AvgIpc) is 3.16. The fraction of sp³-hybridized carbons (Fsp3) is 0.667. The zero-order valence-electron chi connectivity index (χ0n) is 17.5. The van der Waals surface area contributed by atoms with E-state index >= 15 is 0 Å². The molecule has 0 amide bonds. The van der Waals surface area contributed by atoms with Crippen molar-refractivity contribution in [3.8, 4) is 5.75 Å². The molecule has 2 N–H and O–H groups in total. The van der Waals surface area contributed by atoms with Crippen LogP contribution in [-0.4, -0.2) is 52.1 Å². The molecule has 1 saturated heterocycles. The number of nitrogens with one attached hydrogen (secondary N) is 2. The van der Waals surface area contributed by atoms with Gasteiger partial charge in [-0.3, -0.25) is 0 Å². The number of unbranched alkanes of at least 4 members (excludes halogenated alkanes) is 2. The average molecular weight is 505 g/mol. The van der Waals surface area contributed by atoms with Crippen LogP contribution in [0.1, 0.15) is 43.7 Å². The molecule has 6 nitrogen and oxygen atoms in total. The van der Waals surface area contributed by atoms with Crippen LogP contribution in [0.2, 0.25) is 0 Å². The maximum absolute atomic E-state index is 6.17. The molecular formula is C21H36IN3O3. The van der Waals surface area contributed by atoms with E-state index in [1.165, 1.54) is 5.56 Å². The van der Waals surface area contributed by atoms with Crippen molar-refractivity contribution in [3.05, 3.63) is 29.3 Å². The van der Waals surface area contributed by atoms with Crippen LogP contribution in [0, 0.1) is 6.92 Å². The molecule has 0 spiro atoms. The van der Waals surface area contributed by atoms with Crippen molar-refractivity contribution in [1.82, 2.24) is 10.6 Å². The summed E-state index contributed by atoms with van der Waals surface area (Å²) in [5, 5.41) is 6.72. The number of hydrogen-bond donors (Lipinski definition) is 2. The van der Waals surface area contributed by atoms with Gasteiger partial charge in [0.25, 0.3) is 0 Å². The quantitative estimate of drug-likeness (QED) is 0.208. The number of hydrogen-bond acceptors (Lipinski definition) is 4. The summed E-state index contributed by atoms with van der Waals surface area (Å²) in [5.74, 6) is 1.77. The molecule has 7 heteroatoms. The van der Waals surface area contributed by atoms with Crippen molar-refractivity contribution in [2.75, 3.05) is 40.0 Å². The fourth-order valence-electron chi connectivity index (χ4n) is 2.95. The van der Waals surface area contributed by atoms with Gasteiger partial charge in [0, 0.05) is 38.8 Å². The Labute approximate surface area is 186 Å². The Bertz CT molecular complexity index is 578. The second-order valence-corrected chi connectivity index (χ2v) is 6.89. The van der Waals surface area contributed by atoms with Gasteiger partial charge < -0.3 is 24.8 Å². The molecule has 28 heavy (non-hydrogen) atoms. The van der Waals surface area contributed by atoms with Crippen molar-refractivity contribution in [1.29, 1.82) is 0 Å². The molecule has 2 rings (SSSR count). The summed E-state index contributed by atoms with van der Waals surface area (Å²) < 4.78 is 16.7. The van der Waals surface area contributed by atoms with Crippen LogP contribution in [0.15, 0.2) is 23.2 Å². The molecule has 0 bridgehead atoms. The van der Waals surface area contributed by atoms with Crippen LogP contribution < -0.4 is 15.4 Å². The molecule has 160 valence electrons. The third-order valence-corrected chi connectivity index (χ3v) is 4.47. The molecule has 0 radical (unpaired) electrons. The Balaban J connectivity index is 0.00000392. The van der Waals surface area contributed by atoms with Crippen molar-refractivity contribution >= 4 is 29.9 Å². The summed E-state index contributed by atoms with van der Waals surface area (Å²) >= 11 is 0. The minimum atomic E-state index is 0. The van der Waals surface area contributed by atoms with Crippen molar-refractivity contribution in [2.24, 2.45) is 4.99 Å². The SMILES string of the molecule is CCNC(=NCc1ccc(C)cc1OC1CCOC1)NCCCCCOC.I. The minimum Gasteiger partial charge on any atom is -0.488 e. The van der Waals surface area contributed by atoms with Gasteiger partial charge in [-0.05, 0) is 44.7 Å². The van der Waals surface area contributed by atoms with Crippen molar-refractivity contribution in [3.63, 3.8) is 0 Å². The Morgan fingerprint density at radius 2 is 2.11 bits per heavy atom. The molecule has 0 saturated carbocycles. The Hall–Kier alpha value is -1.06. The number of rotatable bonds is 11. The van der Waals surface area contributed by atoms with E-state index in [0.29, 0.717) is 13.2 Å². The highest BCUT2D eigenvalue weighted by atomic mass is 127. The first-order valence-corrected chi connectivity index (χ1v) is 10.1. The Morgan fingerprint density at radius 3 is 2.82 bits per heavy atom. The second-order valence-electron chi connectivity index (χ2n) is 6.89. The number of nitrogens with zero attached hydrogens (tertiary/aromatic N) is 1. The Kier molecular flexibility index (Phi) is 13.3. The molecule has 1 fully saturated rings. The summed E-state index contributed by atoms with van der Waals surface area (Å²) in [4.78, 5) is 4.74. The third kappa shape index (κ3) is 9.43. The summed E-state index contributed by atoms with van der Waals surface area (Å²) in [6.07, 6.45) is 4.45. The van der Waals surface area contributed by atoms with Gasteiger partial charge in [0.05, 0.1) is 19.8 Å². The smallest absolute Gasteiger partial charge is 0.191 e. The molecule has 1 aromatic carbocycles. The summed E-state index contributed by atoms with van der Waals surface area (Å²) in [7, 11) is 1.75. The van der Waals surface area contributed by atoms with Gasteiger partial charge in [-0.2, -0.15) is 0 Å². The zero-order valence-corrected chi connectivity index (χ0v) is 19.8. The van der Waals surface area contributed by atoms with Crippen LogP contribution in [0.25, 0.3) is 0 Å². The number of halogens is 1. The first kappa shape index (κ1) is 25.0. The maximum Gasteiger partial charge on any atom is 0.191 e.